The van der Waals surface area contributed by atoms with Crippen molar-refractivity contribution in [1.82, 2.24) is 4.90 Å². The minimum absolute atomic E-state index is 0.223. The van der Waals surface area contributed by atoms with Crippen LogP contribution in [0, 0.1) is 19.7 Å². The fraction of sp³-hybridized carbons (Fsp3) is 0.320. The molecule has 0 unspecified atom stereocenters. The van der Waals surface area contributed by atoms with Crippen molar-refractivity contribution < 1.29 is 9.18 Å². The van der Waals surface area contributed by atoms with Crippen molar-refractivity contribution in [2.75, 3.05) is 42.1 Å². The van der Waals surface area contributed by atoms with Crippen molar-refractivity contribution in [2.24, 2.45) is 0 Å². The molecule has 2 aromatic rings. The van der Waals surface area contributed by atoms with E-state index in [1.807, 2.05) is 36.0 Å². The van der Waals surface area contributed by atoms with Gasteiger partial charge in [0.25, 0.3) is 5.91 Å². The number of allylic oxidation sites excluding steroid dienone is 1. The highest BCUT2D eigenvalue weighted by atomic mass is 32.2. The number of hydrogen-bond donors (Lipinski definition) is 1. The molecule has 2 aliphatic heterocycles. The number of anilines is 2. The van der Waals surface area contributed by atoms with Crippen LogP contribution in [0.3, 0.4) is 0 Å². The first kappa shape index (κ1) is 21.5. The first-order chi connectivity index (χ1) is 14.9. The Morgan fingerprint density at radius 2 is 1.74 bits per heavy atom. The number of nitrogens with one attached hydrogen (secondary N) is 1. The summed E-state index contributed by atoms with van der Waals surface area (Å²) in [7, 11) is 0. The molecule has 2 aromatic carbocycles. The lowest BCUT2D eigenvalue weighted by atomic mass is 10.0. The van der Waals surface area contributed by atoms with Gasteiger partial charge in [-0.05, 0) is 67.8 Å². The van der Waals surface area contributed by atoms with Gasteiger partial charge in [0.05, 0.1) is 0 Å². The highest BCUT2D eigenvalue weighted by Crippen LogP contribution is 2.32. The lowest BCUT2D eigenvalue weighted by molar-refractivity contribution is 0.102. The lowest BCUT2D eigenvalue weighted by Gasteiger charge is -2.38. The third-order valence-corrected chi connectivity index (χ3v) is 7.26. The number of benzene rings is 2. The van der Waals surface area contributed by atoms with Gasteiger partial charge in [-0.2, -0.15) is 0 Å². The second-order valence-electron chi connectivity index (χ2n) is 7.97. The number of thioether (sulfide) groups is 1. The molecule has 0 saturated carbocycles. The number of rotatable bonds is 5. The average Bonchev–Trinajstić information content (AvgIpc) is 3.33. The molecule has 0 aliphatic carbocycles. The van der Waals surface area contributed by atoms with Gasteiger partial charge in [-0.1, -0.05) is 12.7 Å². The quantitative estimate of drug-likeness (QED) is 0.684. The van der Waals surface area contributed by atoms with Crippen molar-refractivity contribution >= 4 is 29.0 Å². The zero-order valence-electron chi connectivity index (χ0n) is 18.1. The topological polar surface area (TPSA) is 35.6 Å². The molecule has 6 heteroatoms. The van der Waals surface area contributed by atoms with E-state index in [0.717, 1.165) is 55.4 Å². The summed E-state index contributed by atoms with van der Waals surface area (Å²) in [5.74, 6) is 0.651. The Labute approximate surface area is 187 Å². The van der Waals surface area contributed by atoms with Gasteiger partial charge in [0, 0.05) is 59.5 Å². The largest absolute Gasteiger partial charge is 0.368 e. The number of halogens is 1. The molecule has 4 nitrogen and oxygen atoms in total. The molecule has 0 spiro atoms. The van der Waals surface area contributed by atoms with E-state index in [9.17, 15) is 9.18 Å². The molecule has 1 N–H and O–H groups in total. The first-order valence-corrected chi connectivity index (χ1v) is 11.6. The normalized spacial score (nSPS) is 16.3. The summed E-state index contributed by atoms with van der Waals surface area (Å²) in [6.45, 7) is 11.6. The van der Waals surface area contributed by atoms with E-state index < -0.39 is 0 Å². The summed E-state index contributed by atoms with van der Waals surface area (Å²) >= 11 is 1.90. The summed E-state index contributed by atoms with van der Waals surface area (Å²) in [6, 6.07) is 10.8. The van der Waals surface area contributed by atoms with E-state index >= 15 is 0 Å². The van der Waals surface area contributed by atoms with E-state index in [2.05, 4.69) is 27.8 Å². The number of carbonyl (C=O) groups excluding carboxylic acids is 1. The monoisotopic (exact) mass is 437 g/mol. The lowest BCUT2D eigenvalue weighted by Crippen LogP contribution is -2.45. The fourth-order valence-corrected chi connectivity index (χ4v) is 4.98. The third kappa shape index (κ3) is 4.64. The number of nitrogens with zero attached hydrogens (tertiary/aromatic N) is 2. The maximum absolute atomic E-state index is 13.7. The molecule has 2 heterocycles. The Morgan fingerprint density at radius 3 is 2.39 bits per heavy atom. The van der Waals surface area contributed by atoms with E-state index in [4.69, 9.17) is 0 Å². The van der Waals surface area contributed by atoms with Crippen LogP contribution in [-0.2, 0) is 0 Å². The molecule has 1 fully saturated rings. The third-order valence-electron chi connectivity index (χ3n) is 6.11. The van der Waals surface area contributed by atoms with Crippen LogP contribution in [0.2, 0.25) is 0 Å². The van der Waals surface area contributed by atoms with Crippen molar-refractivity contribution in [3.63, 3.8) is 0 Å². The summed E-state index contributed by atoms with van der Waals surface area (Å²) in [6.07, 6.45) is 3.43. The average molecular weight is 438 g/mol. The summed E-state index contributed by atoms with van der Waals surface area (Å²) in [4.78, 5) is 18.7. The Morgan fingerprint density at radius 1 is 1.03 bits per heavy atom. The summed E-state index contributed by atoms with van der Waals surface area (Å²) < 4.78 is 13.7. The van der Waals surface area contributed by atoms with Crippen LogP contribution in [-0.4, -0.2) is 42.7 Å². The minimum Gasteiger partial charge on any atom is -0.368 e. The molecule has 0 atom stereocenters. The highest BCUT2D eigenvalue weighted by molar-refractivity contribution is 8.03. The number of amides is 1. The molecule has 162 valence electrons. The van der Waals surface area contributed by atoms with Crippen LogP contribution < -0.4 is 10.2 Å². The van der Waals surface area contributed by atoms with Crippen molar-refractivity contribution in [3.8, 4) is 0 Å². The van der Waals surface area contributed by atoms with Crippen LogP contribution >= 0.6 is 11.8 Å². The molecule has 2 aliphatic rings. The van der Waals surface area contributed by atoms with Crippen molar-refractivity contribution in [2.45, 2.75) is 20.3 Å². The molecule has 0 radical (unpaired) electrons. The van der Waals surface area contributed by atoms with Gasteiger partial charge in [-0.15, -0.1) is 11.8 Å². The van der Waals surface area contributed by atoms with Crippen LogP contribution in [0.25, 0.3) is 0 Å². The number of piperazine rings is 1. The van der Waals surface area contributed by atoms with Crippen LogP contribution in [0.15, 0.2) is 59.7 Å². The molecule has 0 bridgehead atoms. The fourth-order valence-electron chi connectivity index (χ4n) is 4.00. The Hall–Kier alpha value is -2.73. The Bertz CT molecular complexity index is 1020. The minimum atomic E-state index is -0.291. The zero-order chi connectivity index (χ0) is 22.0. The van der Waals surface area contributed by atoms with Crippen molar-refractivity contribution in [1.29, 1.82) is 0 Å². The van der Waals surface area contributed by atoms with Gasteiger partial charge in [-0.25, -0.2) is 4.39 Å². The maximum atomic E-state index is 13.7. The predicted molar refractivity (Wildman–Crippen MR) is 128 cm³/mol. The zero-order valence-corrected chi connectivity index (χ0v) is 18.9. The SMILES string of the molecule is C=C(C1=CCCS1)N1CCN(c2ccc(NC(=O)c3ccc(F)c(C)c3C)cc2)CC1. The van der Waals surface area contributed by atoms with E-state index in [-0.39, 0.29) is 11.7 Å². The van der Waals surface area contributed by atoms with Crippen LogP contribution in [0.4, 0.5) is 15.8 Å². The highest BCUT2D eigenvalue weighted by Gasteiger charge is 2.21. The number of hydrogen-bond acceptors (Lipinski definition) is 4. The smallest absolute Gasteiger partial charge is 0.255 e. The van der Waals surface area contributed by atoms with E-state index in [1.54, 1.807) is 13.8 Å². The molecule has 0 aromatic heterocycles. The van der Waals surface area contributed by atoms with E-state index in [0.29, 0.717) is 16.7 Å². The van der Waals surface area contributed by atoms with E-state index in [1.165, 1.54) is 17.0 Å². The Kier molecular flexibility index (Phi) is 6.37. The second kappa shape index (κ2) is 9.18. The number of carbonyl (C=O) groups is 1. The molecular weight excluding hydrogens is 409 g/mol. The Balaban J connectivity index is 1.35. The maximum Gasteiger partial charge on any atom is 0.255 e. The molecule has 31 heavy (non-hydrogen) atoms. The van der Waals surface area contributed by atoms with Gasteiger partial charge < -0.3 is 15.1 Å². The van der Waals surface area contributed by atoms with Gasteiger partial charge >= 0.3 is 0 Å². The van der Waals surface area contributed by atoms with Crippen molar-refractivity contribution in [3.05, 3.63) is 82.2 Å². The second-order valence-corrected chi connectivity index (χ2v) is 9.11. The van der Waals surface area contributed by atoms with Crippen LogP contribution in [0.5, 0.6) is 0 Å². The molecule has 4 rings (SSSR count). The summed E-state index contributed by atoms with van der Waals surface area (Å²) in [5.41, 5.74) is 4.70. The van der Waals surface area contributed by atoms with Gasteiger partial charge in [-0.3, -0.25) is 4.79 Å². The van der Waals surface area contributed by atoms with Gasteiger partial charge in [0.2, 0.25) is 0 Å². The molecule has 1 saturated heterocycles. The van der Waals surface area contributed by atoms with Crippen LogP contribution in [0.1, 0.15) is 27.9 Å². The molecular formula is C25H28FN3OS. The van der Waals surface area contributed by atoms with Gasteiger partial charge in [0.15, 0.2) is 0 Å². The first-order valence-electron chi connectivity index (χ1n) is 10.6. The standard InChI is InChI=1S/C25H28FN3OS/c1-17-18(2)23(26)11-10-22(17)25(30)27-20-6-8-21(9-7-20)29-14-12-28(13-15-29)19(3)24-5-4-16-31-24/h5-11H,3-4,12-16H2,1-2H3,(H,27,30). The predicted octanol–water partition coefficient (Wildman–Crippen LogP) is 5.35. The molecule has 1 amide bonds. The van der Waals surface area contributed by atoms with Gasteiger partial charge in [0.1, 0.15) is 5.82 Å². The summed E-state index contributed by atoms with van der Waals surface area (Å²) in [5, 5.41) is 2.92.